The largest absolute Gasteiger partial charge is 0.248 e. The standard InChI is InChI=1S/C21H19N/c1-21(2)13-12-19-17(20(21)15-8-4-3-5-9-15)14-16-10-6-7-11-18(16)22-19/h3-14,20H,1-2H3. The van der Waals surface area contributed by atoms with Gasteiger partial charge in [-0.15, -0.1) is 0 Å². The molecule has 0 radical (unpaired) electrons. The van der Waals surface area contributed by atoms with Gasteiger partial charge in [-0.1, -0.05) is 68.5 Å². The summed E-state index contributed by atoms with van der Waals surface area (Å²) in [5.74, 6) is 0.339. The summed E-state index contributed by atoms with van der Waals surface area (Å²) in [6, 6.07) is 21.5. The normalized spacial score (nSPS) is 19.1. The summed E-state index contributed by atoms with van der Waals surface area (Å²) in [5.41, 5.74) is 4.94. The molecule has 0 fully saturated rings. The van der Waals surface area contributed by atoms with Crippen molar-refractivity contribution in [1.29, 1.82) is 0 Å². The molecule has 0 N–H and O–H groups in total. The van der Waals surface area contributed by atoms with Crippen LogP contribution in [0.15, 0.2) is 66.7 Å². The molecule has 0 saturated heterocycles. The molecular formula is C21H19N. The zero-order valence-electron chi connectivity index (χ0n) is 13.0. The third-order valence-electron chi connectivity index (χ3n) is 4.64. The maximum absolute atomic E-state index is 4.87. The molecule has 1 heterocycles. The number of pyridine rings is 1. The summed E-state index contributed by atoms with van der Waals surface area (Å²) in [6.45, 7) is 4.61. The first-order valence-electron chi connectivity index (χ1n) is 7.79. The predicted molar refractivity (Wildman–Crippen MR) is 92.8 cm³/mol. The van der Waals surface area contributed by atoms with Crippen molar-refractivity contribution in [2.75, 3.05) is 0 Å². The van der Waals surface area contributed by atoms with Crippen LogP contribution in [0.4, 0.5) is 0 Å². The Morgan fingerprint density at radius 3 is 2.45 bits per heavy atom. The van der Waals surface area contributed by atoms with E-state index in [9.17, 15) is 0 Å². The van der Waals surface area contributed by atoms with Crippen LogP contribution in [-0.2, 0) is 0 Å². The number of rotatable bonds is 1. The van der Waals surface area contributed by atoms with E-state index in [-0.39, 0.29) is 5.41 Å². The summed E-state index contributed by atoms with van der Waals surface area (Å²) >= 11 is 0. The third kappa shape index (κ3) is 2.05. The van der Waals surface area contributed by atoms with Gasteiger partial charge in [0.15, 0.2) is 0 Å². The molecule has 1 aliphatic carbocycles. The molecule has 3 aromatic rings. The summed E-state index contributed by atoms with van der Waals surface area (Å²) < 4.78 is 0. The van der Waals surface area contributed by atoms with Crippen molar-refractivity contribution < 1.29 is 0 Å². The van der Waals surface area contributed by atoms with Gasteiger partial charge >= 0.3 is 0 Å². The maximum Gasteiger partial charge on any atom is 0.0709 e. The van der Waals surface area contributed by atoms with Gasteiger partial charge in [0.2, 0.25) is 0 Å². The van der Waals surface area contributed by atoms with Crippen LogP contribution in [0.5, 0.6) is 0 Å². The second-order valence-corrected chi connectivity index (χ2v) is 6.65. The lowest BCUT2D eigenvalue weighted by Gasteiger charge is -2.36. The van der Waals surface area contributed by atoms with Gasteiger partial charge in [-0.2, -0.15) is 0 Å². The number of hydrogen-bond acceptors (Lipinski definition) is 1. The number of fused-ring (bicyclic) bond motifs is 2. The molecule has 0 spiro atoms. The summed E-state index contributed by atoms with van der Waals surface area (Å²) in [4.78, 5) is 4.87. The van der Waals surface area contributed by atoms with E-state index < -0.39 is 0 Å². The molecule has 1 atom stereocenters. The molecule has 108 valence electrons. The number of nitrogens with zero attached hydrogens (tertiary/aromatic N) is 1. The van der Waals surface area contributed by atoms with Crippen LogP contribution in [0.1, 0.15) is 36.6 Å². The molecule has 1 nitrogen and oxygen atoms in total. The van der Waals surface area contributed by atoms with Gasteiger partial charge in [0.05, 0.1) is 11.2 Å². The molecule has 1 unspecified atom stereocenters. The van der Waals surface area contributed by atoms with Gasteiger partial charge in [-0.05, 0) is 34.8 Å². The maximum atomic E-state index is 4.87. The Kier molecular flexibility index (Phi) is 2.90. The van der Waals surface area contributed by atoms with Gasteiger partial charge in [-0.3, -0.25) is 0 Å². The first-order chi connectivity index (χ1) is 10.6. The van der Waals surface area contributed by atoms with E-state index in [4.69, 9.17) is 4.98 Å². The number of hydrogen-bond donors (Lipinski definition) is 0. The van der Waals surface area contributed by atoms with Crippen molar-refractivity contribution >= 4 is 17.0 Å². The lowest BCUT2D eigenvalue weighted by Crippen LogP contribution is -2.24. The Balaban J connectivity index is 1.99. The fraction of sp³-hybridized carbons (Fsp3) is 0.190. The summed E-state index contributed by atoms with van der Waals surface area (Å²) in [6.07, 6.45) is 4.48. The molecule has 0 bridgehead atoms. The van der Waals surface area contributed by atoms with Crippen LogP contribution in [-0.4, -0.2) is 4.98 Å². The highest BCUT2D eigenvalue weighted by Gasteiger charge is 2.34. The topological polar surface area (TPSA) is 12.9 Å². The predicted octanol–water partition coefficient (Wildman–Crippen LogP) is 5.42. The van der Waals surface area contributed by atoms with E-state index in [2.05, 4.69) is 80.6 Å². The zero-order chi connectivity index (χ0) is 15.2. The number of benzene rings is 2. The average Bonchev–Trinajstić information content (AvgIpc) is 2.53. The van der Waals surface area contributed by atoms with Gasteiger partial charge in [0, 0.05) is 11.3 Å². The van der Waals surface area contributed by atoms with Crippen LogP contribution >= 0.6 is 0 Å². The zero-order valence-corrected chi connectivity index (χ0v) is 13.0. The molecule has 0 amide bonds. The third-order valence-corrected chi connectivity index (χ3v) is 4.64. The molecule has 22 heavy (non-hydrogen) atoms. The Labute approximate surface area is 131 Å². The Morgan fingerprint density at radius 1 is 0.909 bits per heavy atom. The van der Waals surface area contributed by atoms with Gasteiger partial charge in [-0.25, -0.2) is 4.98 Å². The first kappa shape index (κ1) is 13.3. The monoisotopic (exact) mass is 285 g/mol. The summed E-state index contributed by atoms with van der Waals surface area (Å²) in [5, 5.41) is 1.22. The van der Waals surface area contributed by atoms with E-state index in [0.29, 0.717) is 5.92 Å². The molecule has 0 saturated carbocycles. The van der Waals surface area contributed by atoms with Crippen molar-refractivity contribution in [3.05, 3.63) is 83.6 Å². The van der Waals surface area contributed by atoms with Crippen molar-refractivity contribution in [3.63, 3.8) is 0 Å². The van der Waals surface area contributed by atoms with Crippen LogP contribution < -0.4 is 0 Å². The number of para-hydroxylation sites is 1. The highest BCUT2D eigenvalue weighted by Crippen LogP contribution is 2.46. The van der Waals surface area contributed by atoms with E-state index in [1.165, 1.54) is 16.5 Å². The fourth-order valence-electron chi connectivity index (χ4n) is 3.56. The second kappa shape index (κ2) is 4.81. The molecule has 1 aliphatic rings. The molecule has 1 heteroatoms. The highest BCUT2D eigenvalue weighted by atomic mass is 14.7. The second-order valence-electron chi connectivity index (χ2n) is 6.65. The Hall–Kier alpha value is -2.41. The van der Waals surface area contributed by atoms with Crippen molar-refractivity contribution in [2.45, 2.75) is 19.8 Å². The molecule has 4 rings (SSSR count). The molecule has 0 aliphatic heterocycles. The van der Waals surface area contributed by atoms with Crippen LogP contribution in [0.2, 0.25) is 0 Å². The van der Waals surface area contributed by atoms with Crippen LogP contribution in [0.25, 0.3) is 17.0 Å². The van der Waals surface area contributed by atoms with E-state index in [1.54, 1.807) is 0 Å². The number of aromatic nitrogens is 1. The van der Waals surface area contributed by atoms with Crippen LogP contribution in [0.3, 0.4) is 0 Å². The van der Waals surface area contributed by atoms with Gasteiger partial charge < -0.3 is 0 Å². The van der Waals surface area contributed by atoms with Gasteiger partial charge in [0.1, 0.15) is 0 Å². The molecular weight excluding hydrogens is 266 g/mol. The SMILES string of the molecule is CC1(C)C=Cc2nc3ccccc3cc2C1c1ccccc1. The van der Waals surface area contributed by atoms with Crippen LogP contribution in [0, 0.1) is 5.41 Å². The van der Waals surface area contributed by atoms with E-state index in [0.717, 1.165) is 11.2 Å². The average molecular weight is 285 g/mol. The Morgan fingerprint density at radius 2 is 1.64 bits per heavy atom. The van der Waals surface area contributed by atoms with Crippen molar-refractivity contribution in [2.24, 2.45) is 5.41 Å². The minimum absolute atomic E-state index is 0.0818. The minimum Gasteiger partial charge on any atom is -0.248 e. The Bertz CT molecular complexity index is 859. The van der Waals surface area contributed by atoms with Crippen molar-refractivity contribution in [3.8, 4) is 0 Å². The minimum atomic E-state index is 0.0818. The molecule has 1 aromatic heterocycles. The number of allylic oxidation sites excluding steroid dienone is 1. The lowest BCUT2D eigenvalue weighted by molar-refractivity contribution is 0.413. The smallest absolute Gasteiger partial charge is 0.0709 e. The molecule has 2 aromatic carbocycles. The van der Waals surface area contributed by atoms with E-state index in [1.807, 2.05) is 6.07 Å². The fourth-order valence-corrected chi connectivity index (χ4v) is 3.56. The van der Waals surface area contributed by atoms with Crippen molar-refractivity contribution in [1.82, 2.24) is 4.98 Å². The van der Waals surface area contributed by atoms with E-state index >= 15 is 0 Å². The van der Waals surface area contributed by atoms with Gasteiger partial charge in [0.25, 0.3) is 0 Å². The summed E-state index contributed by atoms with van der Waals surface area (Å²) in [7, 11) is 0. The first-order valence-corrected chi connectivity index (χ1v) is 7.79. The quantitative estimate of drug-likeness (QED) is 0.581. The lowest BCUT2D eigenvalue weighted by atomic mass is 9.68. The highest BCUT2D eigenvalue weighted by molar-refractivity contribution is 5.82.